The summed E-state index contributed by atoms with van der Waals surface area (Å²) in [6, 6.07) is 5.74. The second-order valence-corrected chi connectivity index (χ2v) is 4.71. The standard InChI is InChI=1S/C13H15N3O2/c1-9-11(10-4-2-3-5-14-10)16-12(15-9)13(6-17)7-18-8-13/h2-5,17H,6-8H2,1H3,(H,15,16). The van der Waals surface area contributed by atoms with Crippen LogP contribution >= 0.6 is 0 Å². The minimum Gasteiger partial charge on any atom is -0.395 e. The highest BCUT2D eigenvalue weighted by Gasteiger charge is 2.43. The minimum absolute atomic E-state index is 0.0433. The van der Waals surface area contributed by atoms with Gasteiger partial charge in [-0.2, -0.15) is 0 Å². The Hall–Kier alpha value is -1.72. The number of aryl methyl sites for hydroxylation is 1. The Balaban J connectivity index is 2.01. The molecule has 0 aromatic carbocycles. The Labute approximate surface area is 105 Å². The van der Waals surface area contributed by atoms with Crippen molar-refractivity contribution in [2.24, 2.45) is 0 Å². The molecule has 0 amide bonds. The first-order valence-electron chi connectivity index (χ1n) is 5.92. The minimum atomic E-state index is -0.363. The van der Waals surface area contributed by atoms with Gasteiger partial charge in [0, 0.05) is 11.9 Å². The van der Waals surface area contributed by atoms with Crippen LogP contribution in [0.2, 0.25) is 0 Å². The van der Waals surface area contributed by atoms with Crippen LogP contribution in [0.4, 0.5) is 0 Å². The van der Waals surface area contributed by atoms with Gasteiger partial charge in [0.2, 0.25) is 0 Å². The van der Waals surface area contributed by atoms with Crippen LogP contribution in [0.15, 0.2) is 24.4 Å². The van der Waals surface area contributed by atoms with E-state index in [0.29, 0.717) is 13.2 Å². The Kier molecular flexibility index (Phi) is 2.65. The maximum Gasteiger partial charge on any atom is 0.120 e. The number of hydrogen-bond acceptors (Lipinski definition) is 4. The molecule has 1 aliphatic heterocycles. The molecule has 5 heteroatoms. The van der Waals surface area contributed by atoms with E-state index in [4.69, 9.17) is 4.74 Å². The van der Waals surface area contributed by atoms with Gasteiger partial charge >= 0.3 is 0 Å². The molecular weight excluding hydrogens is 230 g/mol. The van der Waals surface area contributed by atoms with Crippen LogP contribution in [0.25, 0.3) is 11.4 Å². The molecule has 0 atom stereocenters. The van der Waals surface area contributed by atoms with Crippen molar-refractivity contribution < 1.29 is 9.84 Å². The van der Waals surface area contributed by atoms with Gasteiger partial charge in [-0.15, -0.1) is 0 Å². The fourth-order valence-corrected chi connectivity index (χ4v) is 2.12. The Morgan fingerprint density at radius 2 is 2.28 bits per heavy atom. The van der Waals surface area contributed by atoms with E-state index < -0.39 is 0 Å². The van der Waals surface area contributed by atoms with Crippen LogP contribution in [0.5, 0.6) is 0 Å². The number of rotatable bonds is 3. The van der Waals surface area contributed by atoms with Gasteiger partial charge in [-0.1, -0.05) is 6.07 Å². The predicted octanol–water partition coefficient (Wildman–Crippen LogP) is 1.04. The van der Waals surface area contributed by atoms with Crippen LogP contribution in [0, 0.1) is 6.92 Å². The molecule has 0 spiro atoms. The second kappa shape index (κ2) is 4.19. The number of nitrogens with one attached hydrogen (secondary N) is 1. The molecule has 2 aromatic heterocycles. The highest BCUT2D eigenvalue weighted by molar-refractivity contribution is 5.57. The number of aliphatic hydroxyl groups is 1. The molecule has 3 rings (SSSR count). The third-order valence-electron chi connectivity index (χ3n) is 3.35. The topological polar surface area (TPSA) is 71.0 Å². The molecule has 0 bridgehead atoms. The molecule has 0 unspecified atom stereocenters. The van der Waals surface area contributed by atoms with Gasteiger partial charge in [-0.05, 0) is 19.1 Å². The summed E-state index contributed by atoms with van der Waals surface area (Å²) in [5.74, 6) is 0.786. The number of aliphatic hydroxyl groups excluding tert-OH is 1. The number of nitrogens with zero attached hydrogens (tertiary/aromatic N) is 2. The van der Waals surface area contributed by atoms with Crippen LogP contribution < -0.4 is 0 Å². The van der Waals surface area contributed by atoms with Gasteiger partial charge in [0.05, 0.1) is 30.9 Å². The molecule has 3 heterocycles. The van der Waals surface area contributed by atoms with Crippen molar-refractivity contribution in [1.82, 2.24) is 15.0 Å². The Morgan fingerprint density at radius 3 is 2.83 bits per heavy atom. The quantitative estimate of drug-likeness (QED) is 0.847. The van der Waals surface area contributed by atoms with E-state index in [1.54, 1.807) is 6.20 Å². The number of H-pyrrole nitrogens is 1. The molecule has 2 aromatic rings. The molecular formula is C13H15N3O2. The van der Waals surface area contributed by atoms with Gasteiger partial charge < -0.3 is 14.8 Å². The van der Waals surface area contributed by atoms with E-state index in [-0.39, 0.29) is 12.0 Å². The summed E-state index contributed by atoms with van der Waals surface area (Å²) in [5.41, 5.74) is 2.28. The molecule has 0 saturated carbocycles. The summed E-state index contributed by atoms with van der Waals surface area (Å²) in [4.78, 5) is 12.1. The zero-order valence-electron chi connectivity index (χ0n) is 10.2. The number of aromatic amines is 1. The van der Waals surface area contributed by atoms with Crippen molar-refractivity contribution in [3.8, 4) is 11.4 Å². The summed E-state index contributed by atoms with van der Waals surface area (Å²) >= 11 is 0. The van der Waals surface area contributed by atoms with Gasteiger partial charge in [0.1, 0.15) is 11.5 Å². The number of imidazole rings is 1. The van der Waals surface area contributed by atoms with E-state index in [1.807, 2.05) is 25.1 Å². The monoisotopic (exact) mass is 245 g/mol. The van der Waals surface area contributed by atoms with Crippen molar-refractivity contribution >= 4 is 0 Å². The molecule has 0 aliphatic carbocycles. The lowest BCUT2D eigenvalue weighted by Crippen LogP contribution is -2.50. The highest BCUT2D eigenvalue weighted by atomic mass is 16.5. The molecule has 1 fully saturated rings. The van der Waals surface area contributed by atoms with E-state index in [1.165, 1.54) is 0 Å². The van der Waals surface area contributed by atoms with Gasteiger partial charge in [-0.25, -0.2) is 4.98 Å². The van der Waals surface area contributed by atoms with E-state index in [9.17, 15) is 5.11 Å². The number of ether oxygens (including phenoxy) is 1. The largest absolute Gasteiger partial charge is 0.395 e. The van der Waals surface area contributed by atoms with Crippen molar-refractivity contribution in [3.05, 3.63) is 35.9 Å². The van der Waals surface area contributed by atoms with Gasteiger partial charge in [0.25, 0.3) is 0 Å². The van der Waals surface area contributed by atoms with Crippen LogP contribution in [0.1, 0.15) is 11.5 Å². The molecule has 18 heavy (non-hydrogen) atoms. The zero-order chi connectivity index (χ0) is 12.6. The van der Waals surface area contributed by atoms with Crippen LogP contribution in [-0.2, 0) is 10.2 Å². The second-order valence-electron chi connectivity index (χ2n) is 4.71. The Bertz CT molecular complexity index is 541. The summed E-state index contributed by atoms with van der Waals surface area (Å²) in [7, 11) is 0. The average Bonchev–Trinajstić information content (AvgIpc) is 2.72. The highest BCUT2D eigenvalue weighted by Crippen LogP contribution is 2.32. The van der Waals surface area contributed by atoms with Crippen LogP contribution in [-0.4, -0.2) is 39.9 Å². The number of pyridine rings is 1. The first kappa shape index (κ1) is 11.4. The van der Waals surface area contributed by atoms with Crippen molar-refractivity contribution in [3.63, 3.8) is 0 Å². The van der Waals surface area contributed by atoms with E-state index in [2.05, 4.69) is 15.0 Å². The van der Waals surface area contributed by atoms with Crippen molar-refractivity contribution in [2.45, 2.75) is 12.3 Å². The molecule has 0 radical (unpaired) electrons. The average molecular weight is 245 g/mol. The first-order valence-corrected chi connectivity index (χ1v) is 5.92. The van der Waals surface area contributed by atoms with E-state index >= 15 is 0 Å². The third kappa shape index (κ3) is 1.63. The molecule has 94 valence electrons. The fourth-order valence-electron chi connectivity index (χ4n) is 2.12. The third-order valence-corrected chi connectivity index (χ3v) is 3.35. The molecule has 5 nitrogen and oxygen atoms in total. The first-order chi connectivity index (χ1) is 8.75. The Morgan fingerprint density at radius 1 is 1.44 bits per heavy atom. The molecule has 2 N–H and O–H groups in total. The zero-order valence-corrected chi connectivity index (χ0v) is 10.2. The smallest absolute Gasteiger partial charge is 0.120 e. The van der Waals surface area contributed by atoms with Gasteiger partial charge in [-0.3, -0.25) is 4.98 Å². The summed E-state index contributed by atoms with van der Waals surface area (Å²) < 4.78 is 5.20. The lowest BCUT2D eigenvalue weighted by Gasteiger charge is -2.37. The summed E-state index contributed by atoms with van der Waals surface area (Å²) in [6.07, 6.45) is 1.75. The lowest BCUT2D eigenvalue weighted by molar-refractivity contribution is -0.0880. The normalized spacial score (nSPS) is 17.4. The maximum atomic E-state index is 9.51. The lowest BCUT2D eigenvalue weighted by atomic mass is 9.86. The van der Waals surface area contributed by atoms with Crippen molar-refractivity contribution in [2.75, 3.05) is 19.8 Å². The number of hydrogen-bond donors (Lipinski definition) is 2. The summed E-state index contributed by atoms with van der Waals surface area (Å²) in [5, 5.41) is 9.51. The molecule has 1 saturated heterocycles. The predicted molar refractivity (Wildman–Crippen MR) is 66.1 cm³/mol. The summed E-state index contributed by atoms with van der Waals surface area (Å²) in [6.45, 7) is 3.03. The fraction of sp³-hybridized carbons (Fsp3) is 0.385. The van der Waals surface area contributed by atoms with Gasteiger partial charge in [0.15, 0.2) is 0 Å². The van der Waals surface area contributed by atoms with E-state index in [0.717, 1.165) is 22.9 Å². The SMILES string of the molecule is Cc1[nH]c(C2(CO)COC2)nc1-c1ccccn1. The maximum absolute atomic E-state index is 9.51. The van der Waals surface area contributed by atoms with Crippen LogP contribution in [0.3, 0.4) is 0 Å². The molecule has 1 aliphatic rings. The van der Waals surface area contributed by atoms with Crippen molar-refractivity contribution in [1.29, 1.82) is 0 Å². The number of aromatic nitrogens is 3.